The van der Waals surface area contributed by atoms with Crippen molar-refractivity contribution in [2.24, 2.45) is 5.92 Å². The van der Waals surface area contributed by atoms with Crippen LogP contribution in [0.1, 0.15) is 69.9 Å². The van der Waals surface area contributed by atoms with Crippen LogP contribution in [0.3, 0.4) is 0 Å². The van der Waals surface area contributed by atoms with E-state index in [2.05, 4.69) is 19.2 Å². The molecule has 1 amide bonds. The Morgan fingerprint density at radius 2 is 1.94 bits per heavy atom. The number of furan rings is 1. The first-order chi connectivity index (χ1) is 16.0. The Hall–Kier alpha value is -3.06. The summed E-state index contributed by atoms with van der Waals surface area (Å²) in [6, 6.07) is 11.2. The zero-order valence-electron chi connectivity index (χ0n) is 19.2. The van der Waals surface area contributed by atoms with E-state index in [1.54, 1.807) is 19.1 Å². The number of carbonyl (C=O) groups is 2. The number of fused-ring (bicyclic) bond motifs is 1. The molecule has 0 spiro atoms. The Balaban J connectivity index is 1.46. The molecule has 1 atom stereocenters. The van der Waals surface area contributed by atoms with Crippen LogP contribution in [0, 0.1) is 5.92 Å². The van der Waals surface area contributed by atoms with Crippen molar-refractivity contribution >= 4 is 28.2 Å². The maximum atomic E-state index is 12.9. The number of benzene rings is 1. The summed E-state index contributed by atoms with van der Waals surface area (Å²) in [5, 5.41) is 3.41. The third-order valence-corrected chi connectivity index (χ3v) is 6.99. The van der Waals surface area contributed by atoms with Crippen molar-refractivity contribution in [3.8, 4) is 5.75 Å². The number of thiophene rings is 1. The molecular weight excluding hydrogens is 438 g/mol. The second kappa shape index (κ2) is 10.3. The van der Waals surface area contributed by atoms with Crippen LogP contribution in [0.5, 0.6) is 5.75 Å². The maximum Gasteiger partial charge on any atom is 0.341 e. The molecule has 174 valence electrons. The number of hydrogen-bond acceptors (Lipinski definition) is 6. The largest absolute Gasteiger partial charge is 0.486 e. The molecule has 7 heteroatoms. The van der Waals surface area contributed by atoms with Gasteiger partial charge in [0.25, 0.3) is 5.91 Å². The third-order valence-electron chi connectivity index (χ3n) is 5.82. The first kappa shape index (κ1) is 23.1. The number of aryl methyl sites for hydroxylation is 1. The van der Waals surface area contributed by atoms with Crippen LogP contribution in [0.15, 0.2) is 40.8 Å². The topological polar surface area (TPSA) is 77.8 Å². The Morgan fingerprint density at radius 3 is 2.67 bits per heavy atom. The molecule has 0 radical (unpaired) electrons. The smallest absolute Gasteiger partial charge is 0.341 e. The highest BCUT2D eigenvalue weighted by Crippen LogP contribution is 2.40. The molecule has 4 rings (SSSR count). The van der Waals surface area contributed by atoms with Crippen LogP contribution < -0.4 is 10.1 Å². The lowest BCUT2D eigenvalue weighted by molar-refractivity contribution is 0.0526. The molecule has 3 aromatic rings. The number of nitrogens with one attached hydrogen (secondary N) is 1. The molecule has 0 bridgehead atoms. The average Bonchev–Trinajstić information content (AvgIpc) is 3.42. The first-order valence-electron chi connectivity index (χ1n) is 11.4. The standard InChI is InChI=1S/C26H29NO5S/c1-4-17-7-9-18(10-8-17)31-15-19-11-13-21(32-19)24(28)27-25-23(26(29)30-5-2)20-12-6-16(3)14-22(20)33-25/h7-11,13,16H,4-6,12,14-15H2,1-3H3,(H,27,28). The quantitative estimate of drug-likeness (QED) is 0.409. The zero-order chi connectivity index (χ0) is 23.4. The average molecular weight is 468 g/mol. The molecule has 33 heavy (non-hydrogen) atoms. The van der Waals surface area contributed by atoms with Crippen LogP contribution in [-0.4, -0.2) is 18.5 Å². The Morgan fingerprint density at radius 1 is 1.15 bits per heavy atom. The van der Waals surface area contributed by atoms with Gasteiger partial charge in [0.2, 0.25) is 0 Å². The number of amides is 1. The van der Waals surface area contributed by atoms with Gasteiger partial charge in [-0.05, 0) is 73.9 Å². The van der Waals surface area contributed by atoms with Gasteiger partial charge >= 0.3 is 5.97 Å². The highest BCUT2D eigenvalue weighted by molar-refractivity contribution is 7.17. The normalized spacial score (nSPS) is 15.1. The van der Waals surface area contributed by atoms with Crippen LogP contribution >= 0.6 is 11.3 Å². The Kier molecular flexibility index (Phi) is 7.18. The van der Waals surface area contributed by atoms with E-state index < -0.39 is 5.91 Å². The monoisotopic (exact) mass is 467 g/mol. The van der Waals surface area contributed by atoms with Gasteiger partial charge in [0.05, 0.1) is 12.2 Å². The first-order valence-corrected chi connectivity index (χ1v) is 12.2. The Bertz CT molecular complexity index is 1130. The second-order valence-electron chi connectivity index (χ2n) is 8.28. The summed E-state index contributed by atoms with van der Waals surface area (Å²) in [6.07, 6.45) is 3.72. The van der Waals surface area contributed by atoms with E-state index in [9.17, 15) is 9.59 Å². The highest BCUT2D eigenvalue weighted by atomic mass is 32.1. The minimum atomic E-state index is -0.397. The van der Waals surface area contributed by atoms with Crippen molar-refractivity contribution in [3.05, 3.63) is 69.5 Å². The van der Waals surface area contributed by atoms with E-state index in [1.165, 1.54) is 16.9 Å². The summed E-state index contributed by atoms with van der Waals surface area (Å²) in [4.78, 5) is 26.7. The summed E-state index contributed by atoms with van der Waals surface area (Å²) in [6.45, 7) is 6.60. The number of anilines is 1. The van der Waals surface area contributed by atoms with Crippen LogP contribution in [0.4, 0.5) is 5.00 Å². The lowest BCUT2D eigenvalue weighted by Gasteiger charge is -2.18. The van der Waals surface area contributed by atoms with Crippen LogP contribution in [-0.2, 0) is 30.6 Å². The van der Waals surface area contributed by atoms with E-state index in [4.69, 9.17) is 13.9 Å². The fourth-order valence-corrected chi connectivity index (χ4v) is 5.37. The highest BCUT2D eigenvalue weighted by Gasteiger charge is 2.29. The van der Waals surface area contributed by atoms with Crippen LogP contribution in [0.25, 0.3) is 0 Å². The molecule has 6 nitrogen and oxygen atoms in total. The number of ether oxygens (including phenoxy) is 2. The molecule has 1 unspecified atom stereocenters. The molecule has 1 aliphatic carbocycles. The van der Waals surface area contributed by atoms with Gasteiger partial charge in [-0.3, -0.25) is 4.79 Å². The number of hydrogen-bond donors (Lipinski definition) is 1. The molecule has 1 N–H and O–H groups in total. The fourth-order valence-electron chi connectivity index (χ4n) is 3.98. The summed E-state index contributed by atoms with van der Waals surface area (Å²) in [5.41, 5.74) is 2.74. The van der Waals surface area contributed by atoms with Gasteiger partial charge in [-0.25, -0.2) is 4.79 Å². The van der Waals surface area contributed by atoms with Gasteiger partial charge in [-0.1, -0.05) is 26.0 Å². The molecule has 0 fully saturated rings. The number of carbonyl (C=O) groups excluding carboxylic acids is 2. The zero-order valence-corrected chi connectivity index (χ0v) is 20.1. The van der Waals surface area contributed by atoms with Gasteiger partial charge in [0.15, 0.2) is 5.76 Å². The summed E-state index contributed by atoms with van der Waals surface area (Å²) >= 11 is 1.46. The third kappa shape index (κ3) is 5.30. The molecule has 0 aliphatic heterocycles. The number of esters is 1. The molecular formula is C26H29NO5S. The van der Waals surface area contributed by atoms with E-state index >= 15 is 0 Å². The van der Waals surface area contributed by atoms with Crippen molar-refractivity contribution in [1.82, 2.24) is 0 Å². The predicted octanol–water partition coefficient (Wildman–Crippen LogP) is 6.04. The fraction of sp³-hybridized carbons (Fsp3) is 0.385. The second-order valence-corrected chi connectivity index (χ2v) is 9.39. The van der Waals surface area contributed by atoms with Gasteiger partial charge in [-0.2, -0.15) is 0 Å². The number of rotatable bonds is 8. The van der Waals surface area contributed by atoms with Gasteiger partial charge in [-0.15, -0.1) is 11.3 Å². The van der Waals surface area contributed by atoms with Crippen molar-refractivity contribution in [2.45, 2.75) is 53.1 Å². The molecule has 2 aromatic heterocycles. The molecule has 2 heterocycles. The minimum absolute atomic E-state index is 0.171. The Labute approximate surface area is 197 Å². The van der Waals surface area contributed by atoms with E-state index in [-0.39, 0.29) is 24.9 Å². The minimum Gasteiger partial charge on any atom is -0.486 e. The summed E-state index contributed by atoms with van der Waals surface area (Å²) in [7, 11) is 0. The SMILES string of the molecule is CCOC(=O)c1c(NC(=O)c2ccc(COc3ccc(CC)cc3)o2)sc2c1CCC(C)C2. The molecule has 0 saturated heterocycles. The van der Waals surface area contributed by atoms with Gasteiger partial charge in [0, 0.05) is 4.88 Å². The maximum absolute atomic E-state index is 12.9. The summed E-state index contributed by atoms with van der Waals surface area (Å²) < 4.78 is 16.7. The van der Waals surface area contributed by atoms with Crippen molar-refractivity contribution in [2.75, 3.05) is 11.9 Å². The lowest BCUT2D eigenvalue weighted by Crippen LogP contribution is -2.16. The predicted molar refractivity (Wildman–Crippen MR) is 128 cm³/mol. The summed E-state index contributed by atoms with van der Waals surface area (Å²) in [5.74, 6) is 1.23. The van der Waals surface area contributed by atoms with E-state index in [0.717, 1.165) is 41.9 Å². The van der Waals surface area contributed by atoms with E-state index in [0.29, 0.717) is 22.2 Å². The van der Waals surface area contributed by atoms with Gasteiger partial charge < -0.3 is 19.2 Å². The van der Waals surface area contributed by atoms with Crippen LogP contribution in [0.2, 0.25) is 0 Å². The van der Waals surface area contributed by atoms with E-state index in [1.807, 2.05) is 24.3 Å². The van der Waals surface area contributed by atoms with Gasteiger partial charge in [0.1, 0.15) is 23.1 Å². The van der Waals surface area contributed by atoms with Crippen molar-refractivity contribution in [3.63, 3.8) is 0 Å². The van der Waals surface area contributed by atoms with Crippen molar-refractivity contribution in [1.29, 1.82) is 0 Å². The van der Waals surface area contributed by atoms with Crippen molar-refractivity contribution < 1.29 is 23.5 Å². The lowest BCUT2D eigenvalue weighted by atomic mass is 9.88. The molecule has 0 saturated carbocycles. The molecule has 1 aliphatic rings. The molecule has 1 aromatic carbocycles.